The van der Waals surface area contributed by atoms with Crippen molar-refractivity contribution in [3.05, 3.63) is 54.6 Å². The first kappa shape index (κ1) is 13.6. The largest absolute Gasteiger partial charge is 0.207 e. The first-order valence-electron chi connectivity index (χ1n) is 4.53. The van der Waals surface area contributed by atoms with Crippen LogP contribution in [0.1, 0.15) is 16.0 Å². The van der Waals surface area contributed by atoms with Gasteiger partial charge in [0.2, 0.25) is 0 Å². The van der Waals surface area contributed by atoms with Gasteiger partial charge in [-0.3, -0.25) is 0 Å². The molecule has 0 aliphatic carbocycles. The zero-order valence-corrected chi connectivity index (χ0v) is 13.8. The van der Waals surface area contributed by atoms with E-state index < -0.39 is 11.6 Å². The zero-order valence-electron chi connectivity index (χ0n) is 8.18. The Morgan fingerprint density at radius 3 is 2.29 bits per heavy atom. The lowest BCUT2D eigenvalue weighted by atomic mass is 10.1. The summed E-state index contributed by atoms with van der Waals surface area (Å²) in [7, 11) is 0. The van der Waals surface area contributed by atoms with Gasteiger partial charge >= 0.3 is 0 Å². The van der Waals surface area contributed by atoms with Crippen LogP contribution in [0.2, 0.25) is 0 Å². The molecule has 0 fully saturated rings. The molecule has 0 N–H and O–H groups in total. The molecule has 0 aliphatic rings. The number of benzene rings is 1. The highest BCUT2D eigenvalue weighted by atomic mass is 79.9. The molecule has 0 radical (unpaired) electrons. The van der Waals surface area contributed by atoms with E-state index in [9.17, 15) is 8.78 Å². The van der Waals surface area contributed by atoms with E-state index in [4.69, 9.17) is 0 Å². The molecule has 6 heteroatoms. The summed E-state index contributed by atoms with van der Waals surface area (Å²) in [6.07, 6.45) is 0. The smallest absolute Gasteiger partial charge is 0.130 e. The molecule has 1 aromatic carbocycles. The highest BCUT2D eigenvalue weighted by Crippen LogP contribution is 2.42. The third-order valence-electron chi connectivity index (χ3n) is 2.19. The van der Waals surface area contributed by atoms with Crippen molar-refractivity contribution in [3.63, 3.8) is 0 Å². The van der Waals surface area contributed by atoms with E-state index in [2.05, 4.69) is 47.8 Å². The number of hydrogen-bond acceptors (Lipinski definition) is 1. The third kappa shape index (κ3) is 2.97. The van der Waals surface area contributed by atoms with Crippen molar-refractivity contribution in [2.75, 3.05) is 0 Å². The van der Waals surface area contributed by atoms with Gasteiger partial charge in [0, 0.05) is 11.6 Å². The minimum Gasteiger partial charge on any atom is -0.207 e. The van der Waals surface area contributed by atoms with E-state index in [1.165, 1.54) is 23.5 Å². The third-order valence-corrected chi connectivity index (χ3v) is 5.56. The normalized spacial score (nSPS) is 12.8. The summed E-state index contributed by atoms with van der Waals surface area (Å²) >= 11 is 11.7. The predicted octanol–water partition coefficient (Wildman–Crippen LogP) is 6.04. The molecule has 0 nitrogen and oxygen atoms in total. The summed E-state index contributed by atoms with van der Waals surface area (Å²) in [4.78, 5) is -0.306. The number of rotatable bonds is 2. The van der Waals surface area contributed by atoms with Crippen LogP contribution < -0.4 is 0 Å². The number of alkyl halides is 1. The van der Waals surface area contributed by atoms with Gasteiger partial charge in [0.05, 0.1) is 12.4 Å². The summed E-state index contributed by atoms with van der Waals surface area (Å²) in [5.41, 5.74) is 1.32. The van der Waals surface area contributed by atoms with Crippen LogP contribution in [0.25, 0.3) is 0 Å². The van der Waals surface area contributed by atoms with Gasteiger partial charge in [0.15, 0.2) is 0 Å². The summed E-state index contributed by atoms with van der Waals surface area (Å²) in [6, 6.07) is 5.49. The molecule has 17 heavy (non-hydrogen) atoms. The Morgan fingerprint density at radius 2 is 1.76 bits per heavy atom. The van der Waals surface area contributed by atoms with Gasteiger partial charge < -0.3 is 0 Å². The lowest BCUT2D eigenvalue weighted by Gasteiger charge is -2.10. The molecule has 2 aromatic rings. The Labute approximate surface area is 126 Å². The van der Waals surface area contributed by atoms with Crippen LogP contribution in [0.5, 0.6) is 0 Å². The molecule has 0 amide bonds. The van der Waals surface area contributed by atoms with Gasteiger partial charge in [0.1, 0.15) is 11.6 Å². The van der Waals surface area contributed by atoms with Gasteiger partial charge in [-0.2, -0.15) is 0 Å². The lowest BCUT2D eigenvalue weighted by molar-refractivity contribution is 0.574. The van der Waals surface area contributed by atoms with Crippen molar-refractivity contribution < 1.29 is 8.78 Å². The fourth-order valence-corrected chi connectivity index (χ4v) is 5.49. The average Bonchev–Trinajstić information content (AvgIpc) is 2.57. The van der Waals surface area contributed by atoms with Crippen molar-refractivity contribution in [1.82, 2.24) is 0 Å². The Morgan fingerprint density at radius 1 is 1.06 bits per heavy atom. The Balaban J connectivity index is 2.43. The molecule has 1 aromatic heterocycles. The number of hydrogen-bond donors (Lipinski definition) is 0. The van der Waals surface area contributed by atoms with Crippen molar-refractivity contribution >= 4 is 59.1 Å². The fraction of sp³-hybridized carbons (Fsp3) is 0.0909. The summed E-state index contributed by atoms with van der Waals surface area (Å²) in [6.45, 7) is 0. The maximum Gasteiger partial charge on any atom is 0.130 e. The van der Waals surface area contributed by atoms with E-state index in [-0.39, 0.29) is 4.83 Å². The SMILES string of the molecule is Fc1ccc(C(Br)c2cc(Br)sc2Br)c(F)c1. The van der Waals surface area contributed by atoms with Crippen molar-refractivity contribution in [2.45, 2.75) is 4.83 Å². The molecule has 0 saturated carbocycles. The maximum atomic E-state index is 13.6. The molecular formula is C11H5Br3F2S. The molecule has 1 heterocycles. The van der Waals surface area contributed by atoms with Gasteiger partial charge in [-0.15, -0.1) is 11.3 Å². The predicted molar refractivity (Wildman–Crippen MR) is 76.8 cm³/mol. The van der Waals surface area contributed by atoms with Crippen LogP contribution in [0.4, 0.5) is 8.78 Å². The molecule has 0 saturated heterocycles. The van der Waals surface area contributed by atoms with Crippen LogP contribution in [0.3, 0.4) is 0 Å². The van der Waals surface area contributed by atoms with Crippen molar-refractivity contribution in [2.24, 2.45) is 0 Å². The van der Waals surface area contributed by atoms with E-state index in [1.807, 2.05) is 6.07 Å². The Kier molecular flexibility index (Phi) is 4.39. The van der Waals surface area contributed by atoms with Crippen molar-refractivity contribution in [3.8, 4) is 0 Å². The van der Waals surface area contributed by atoms with Gasteiger partial charge in [-0.1, -0.05) is 22.0 Å². The lowest BCUT2D eigenvalue weighted by Crippen LogP contribution is -1.96. The first-order valence-corrected chi connectivity index (χ1v) is 7.84. The minimum atomic E-state index is -0.573. The molecule has 90 valence electrons. The molecule has 0 spiro atoms. The molecule has 1 unspecified atom stereocenters. The Hall–Kier alpha value is 0.220. The van der Waals surface area contributed by atoms with Gasteiger partial charge in [0.25, 0.3) is 0 Å². The van der Waals surface area contributed by atoms with Crippen LogP contribution in [-0.4, -0.2) is 0 Å². The summed E-state index contributed by atoms with van der Waals surface area (Å²) < 4.78 is 28.3. The summed E-state index contributed by atoms with van der Waals surface area (Å²) in [5.74, 6) is -1.13. The van der Waals surface area contributed by atoms with Crippen LogP contribution in [0, 0.1) is 11.6 Å². The highest BCUT2D eigenvalue weighted by Gasteiger charge is 2.19. The van der Waals surface area contributed by atoms with Gasteiger partial charge in [-0.05, 0) is 49.6 Å². The molecule has 1 atom stereocenters. The molecular weight excluding hydrogens is 442 g/mol. The van der Waals surface area contributed by atoms with E-state index in [0.29, 0.717) is 5.56 Å². The second-order valence-corrected chi connectivity index (χ2v) is 7.97. The fourth-order valence-electron chi connectivity index (χ4n) is 1.40. The topological polar surface area (TPSA) is 0 Å². The van der Waals surface area contributed by atoms with E-state index in [1.54, 1.807) is 0 Å². The zero-order chi connectivity index (χ0) is 12.6. The number of halogens is 5. The molecule has 0 bridgehead atoms. The Bertz CT molecular complexity index is 554. The maximum absolute atomic E-state index is 13.6. The highest BCUT2D eigenvalue weighted by molar-refractivity contribution is 9.12. The number of thiophene rings is 1. The standard InChI is InChI=1S/C11H5Br3F2S/c12-9-4-7(11(14)17-9)10(13)6-2-1-5(15)3-8(6)16/h1-4,10H. The molecule has 2 rings (SSSR count). The van der Waals surface area contributed by atoms with Crippen molar-refractivity contribution in [1.29, 1.82) is 0 Å². The van der Waals surface area contributed by atoms with Crippen LogP contribution in [-0.2, 0) is 0 Å². The second-order valence-electron chi connectivity index (χ2n) is 3.31. The van der Waals surface area contributed by atoms with Gasteiger partial charge in [-0.25, -0.2) is 8.78 Å². The second kappa shape index (κ2) is 5.47. The summed E-state index contributed by atoms with van der Waals surface area (Å²) in [5, 5.41) is 0. The monoisotopic (exact) mass is 444 g/mol. The quantitative estimate of drug-likeness (QED) is 0.494. The van der Waals surface area contributed by atoms with Crippen LogP contribution in [0.15, 0.2) is 31.8 Å². The molecule has 0 aliphatic heterocycles. The minimum absolute atomic E-state index is 0.306. The average molecular weight is 447 g/mol. The first-order chi connectivity index (χ1) is 7.99. The van der Waals surface area contributed by atoms with Crippen LogP contribution >= 0.6 is 59.1 Å². The van der Waals surface area contributed by atoms with E-state index in [0.717, 1.165) is 19.2 Å². The van der Waals surface area contributed by atoms with E-state index >= 15 is 0 Å².